The lowest BCUT2D eigenvalue weighted by molar-refractivity contribution is -0.168. The molecular formula is C15H20F2O2. The summed E-state index contributed by atoms with van der Waals surface area (Å²) in [7, 11) is 0. The molecule has 4 rings (SSSR count). The SMILES string of the molecule is C=C1C2CC3CC(C2)C(C(=O)OCC(C)(F)F)C1C3. The normalized spacial score (nSPS) is 40.6. The fourth-order valence-electron chi connectivity index (χ4n) is 4.44. The Balaban J connectivity index is 1.71. The average Bonchev–Trinajstić information content (AvgIpc) is 2.31. The monoisotopic (exact) mass is 270 g/mol. The second-order valence-corrected chi connectivity index (χ2v) is 6.65. The minimum absolute atomic E-state index is 0.175. The van der Waals surface area contributed by atoms with Crippen LogP contribution in [0, 0.1) is 29.6 Å². The average molecular weight is 270 g/mol. The van der Waals surface area contributed by atoms with E-state index in [0.29, 0.717) is 17.8 Å². The largest absolute Gasteiger partial charge is 0.459 e. The van der Waals surface area contributed by atoms with E-state index >= 15 is 0 Å². The Morgan fingerprint density at radius 1 is 1.37 bits per heavy atom. The molecule has 2 nitrogen and oxygen atoms in total. The van der Waals surface area contributed by atoms with Gasteiger partial charge in [0.05, 0.1) is 5.92 Å². The molecule has 4 bridgehead atoms. The third-order valence-electron chi connectivity index (χ3n) is 5.11. The lowest BCUT2D eigenvalue weighted by atomic mass is 9.50. The van der Waals surface area contributed by atoms with Gasteiger partial charge in [-0.25, -0.2) is 8.78 Å². The Hall–Kier alpha value is -0.930. The van der Waals surface area contributed by atoms with Crippen LogP contribution in [-0.2, 0) is 9.53 Å². The van der Waals surface area contributed by atoms with Crippen LogP contribution in [0.1, 0.15) is 32.6 Å². The summed E-state index contributed by atoms with van der Waals surface area (Å²) in [6, 6.07) is 0. The van der Waals surface area contributed by atoms with E-state index in [1.807, 2.05) is 0 Å². The third-order valence-corrected chi connectivity index (χ3v) is 5.11. The van der Waals surface area contributed by atoms with Gasteiger partial charge in [-0.05, 0) is 49.4 Å². The van der Waals surface area contributed by atoms with E-state index in [-0.39, 0.29) is 11.8 Å². The van der Waals surface area contributed by atoms with Crippen LogP contribution in [0.5, 0.6) is 0 Å². The summed E-state index contributed by atoms with van der Waals surface area (Å²) in [4.78, 5) is 12.1. The van der Waals surface area contributed by atoms with Crippen molar-refractivity contribution in [2.75, 3.05) is 6.61 Å². The molecule has 106 valence electrons. The highest BCUT2D eigenvalue weighted by Gasteiger charge is 2.53. The molecule has 4 heteroatoms. The second kappa shape index (κ2) is 4.29. The summed E-state index contributed by atoms with van der Waals surface area (Å²) >= 11 is 0. The van der Waals surface area contributed by atoms with E-state index in [9.17, 15) is 13.6 Å². The second-order valence-electron chi connectivity index (χ2n) is 6.65. The van der Waals surface area contributed by atoms with E-state index in [0.717, 1.165) is 31.8 Å². The van der Waals surface area contributed by atoms with Crippen LogP contribution >= 0.6 is 0 Å². The molecule has 0 aliphatic heterocycles. The molecule has 0 saturated heterocycles. The van der Waals surface area contributed by atoms with Crippen molar-refractivity contribution in [2.45, 2.75) is 38.5 Å². The van der Waals surface area contributed by atoms with Crippen LogP contribution < -0.4 is 0 Å². The van der Waals surface area contributed by atoms with E-state index < -0.39 is 18.5 Å². The fourth-order valence-corrected chi connectivity index (χ4v) is 4.44. The Morgan fingerprint density at radius 2 is 2.11 bits per heavy atom. The predicted octanol–water partition coefficient (Wildman–Crippen LogP) is 3.42. The summed E-state index contributed by atoms with van der Waals surface area (Å²) in [5, 5.41) is 0. The number of carbonyl (C=O) groups excluding carboxylic acids is 1. The van der Waals surface area contributed by atoms with E-state index in [1.165, 1.54) is 6.42 Å². The Labute approximate surface area is 112 Å². The first kappa shape index (κ1) is 13.1. The molecular weight excluding hydrogens is 250 g/mol. The number of hydrogen-bond donors (Lipinski definition) is 0. The first-order chi connectivity index (χ1) is 8.85. The molecule has 0 N–H and O–H groups in total. The zero-order valence-electron chi connectivity index (χ0n) is 11.2. The van der Waals surface area contributed by atoms with Gasteiger partial charge in [-0.15, -0.1) is 0 Å². The van der Waals surface area contributed by atoms with Crippen molar-refractivity contribution in [3.05, 3.63) is 12.2 Å². The van der Waals surface area contributed by atoms with Crippen molar-refractivity contribution in [2.24, 2.45) is 29.6 Å². The minimum Gasteiger partial charge on any atom is -0.459 e. The highest BCUT2D eigenvalue weighted by Crippen LogP contribution is 2.58. The highest BCUT2D eigenvalue weighted by atomic mass is 19.3. The van der Waals surface area contributed by atoms with Crippen molar-refractivity contribution in [3.63, 3.8) is 0 Å². The number of allylic oxidation sites excluding steroid dienone is 1. The van der Waals surface area contributed by atoms with Crippen LogP contribution in [0.3, 0.4) is 0 Å². The molecule has 4 aliphatic rings. The number of halogens is 2. The van der Waals surface area contributed by atoms with Crippen molar-refractivity contribution in [1.29, 1.82) is 0 Å². The van der Waals surface area contributed by atoms with Gasteiger partial charge in [-0.2, -0.15) is 0 Å². The smallest absolute Gasteiger partial charge is 0.310 e. The molecule has 0 spiro atoms. The summed E-state index contributed by atoms with van der Waals surface area (Å²) < 4.78 is 30.4. The Bertz CT molecular complexity index is 413. The number of carbonyl (C=O) groups is 1. The topological polar surface area (TPSA) is 26.3 Å². The predicted molar refractivity (Wildman–Crippen MR) is 66.6 cm³/mol. The maximum absolute atomic E-state index is 12.8. The molecule has 0 heterocycles. The quantitative estimate of drug-likeness (QED) is 0.580. The summed E-state index contributed by atoms with van der Waals surface area (Å²) in [6.07, 6.45) is 4.26. The molecule has 5 unspecified atom stereocenters. The molecule has 0 aromatic heterocycles. The standard InChI is InChI=1S/C15H20F2O2/c1-8-10-3-9-4-11(6-10)13(12(8)5-9)14(18)19-7-15(2,16)17/h9-13H,1,3-7H2,2H3. The van der Waals surface area contributed by atoms with Gasteiger partial charge in [-0.3, -0.25) is 4.79 Å². The number of esters is 1. The van der Waals surface area contributed by atoms with Gasteiger partial charge >= 0.3 is 5.97 Å². The minimum atomic E-state index is -2.95. The molecule has 0 aromatic rings. The maximum atomic E-state index is 12.8. The first-order valence-electron chi connectivity index (χ1n) is 7.08. The van der Waals surface area contributed by atoms with Crippen molar-refractivity contribution >= 4 is 5.97 Å². The number of ether oxygens (including phenoxy) is 1. The van der Waals surface area contributed by atoms with Crippen LogP contribution in [0.25, 0.3) is 0 Å². The van der Waals surface area contributed by atoms with E-state index in [2.05, 4.69) is 6.58 Å². The lowest BCUT2D eigenvalue weighted by Gasteiger charge is -2.54. The Morgan fingerprint density at radius 3 is 2.79 bits per heavy atom. The van der Waals surface area contributed by atoms with Gasteiger partial charge in [0.2, 0.25) is 0 Å². The highest BCUT2D eigenvalue weighted by molar-refractivity contribution is 5.74. The molecule has 4 aliphatic carbocycles. The van der Waals surface area contributed by atoms with Gasteiger partial charge in [0.15, 0.2) is 6.61 Å². The van der Waals surface area contributed by atoms with Crippen LogP contribution in [0.2, 0.25) is 0 Å². The van der Waals surface area contributed by atoms with E-state index in [1.54, 1.807) is 0 Å². The number of alkyl halides is 2. The van der Waals surface area contributed by atoms with Gasteiger partial charge in [-0.1, -0.05) is 12.2 Å². The molecule has 4 saturated carbocycles. The summed E-state index contributed by atoms with van der Waals surface area (Å²) in [6.45, 7) is 4.11. The van der Waals surface area contributed by atoms with Crippen molar-refractivity contribution < 1.29 is 18.3 Å². The molecule has 5 atom stereocenters. The zero-order chi connectivity index (χ0) is 13.8. The summed E-state index contributed by atoms with van der Waals surface area (Å²) in [5.74, 6) is -1.84. The first-order valence-corrected chi connectivity index (χ1v) is 7.08. The van der Waals surface area contributed by atoms with Crippen LogP contribution in [-0.4, -0.2) is 18.5 Å². The van der Waals surface area contributed by atoms with Crippen molar-refractivity contribution in [1.82, 2.24) is 0 Å². The van der Waals surface area contributed by atoms with Gasteiger partial charge in [0.1, 0.15) is 0 Å². The van der Waals surface area contributed by atoms with Gasteiger partial charge in [0, 0.05) is 6.92 Å². The van der Waals surface area contributed by atoms with Crippen LogP contribution in [0.15, 0.2) is 12.2 Å². The van der Waals surface area contributed by atoms with E-state index in [4.69, 9.17) is 4.74 Å². The molecule has 0 radical (unpaired) electrons. The van der Waals surface area contributed by atoms with Crippen molar-refractivity contribution in [3.8, 4) is 0 Å². The fraction of sp³-hybridized carbons (Fsp3) is 0.800. The third kappa shape index (κ3) is 2.30. The van der Waals surface area contributed by atoms with Gasteiger partial charge < -0.3 is 4.74 Å². The molecule has 4 fully saturated rings. The van der Waals surface area contributed by atoms with Crippen LogP contribution in [0.4, 0.5) is 8.78 Å². The molecule has 19 heavy (non-hydrogen) atoms. The molecule has 0 aromatic carbocycles. The maximum Gasteiger partial charge on any atom is 0.310 e. The lowest BCUT2D eigenvalue weighted by Crippen LogP contribution is -2.50. The zero-order valence-corrected chi connectivity index (χ0v) is 11.2. The van der Waals surface area contributed by atoms with Gasteiger partial charge in [0.25, 0.3) is 5.92 Å². The summed E-state index contributed by atoms with van der Waals surface area (Å²) in [5.41, 5.74) is 1.16. The number of rotatable bonds is 3. The Kier molecular flexibility index (Phi) is 2.95. The molecule has 0 amide bonds. The number of hydrogen-bond acceptors (Lipinski definition) is 2.